The summed E-state index contributed by atoms with van der Waals surface area (Å²) in [5.41, 5.74) is 5.62. The summed E-state index contributed by atoms with van der Waals surface area (Å²) < 4.78 is 4.55. The van der Waals surface area contributed by atoms with E-state index in [1.807, 2.05) is 11.8 Å². The van der Waals surface area contributed by atoms with Crippen LogP contribution in [0.5, 0.6) is 0 Å². The van der Waals surface area contributed by atoms with Crippen molar-refractivity contribution in [2.75, 3.05) is 18.6 Å². The van der Waals surface area contributed by atoms with Gasteiger partial charge < -0.3 is 10.5 Å². The van der Waals surface area contributed by atoms with E-state index < -0.39 is 6.04 Å². The Kier molecular flexibility index (Phi) is 3.88. The summed E-state index contributed by atoms with van der Waals surface area (Å²) >= 11 is 1.94. The number of rotatable bonds is 3. The minimum absolute atomic E-state index is 0.285. The fraction of sp³-hybridized carbons (Fsp3) is 0.875. The van der Waals surface area contributed by atoms with E-state index in [0.717, 1.165) is 12.2 Å². The van der Waals surface area contributed by atoms with Crippen LogP contribution in [0.25, 0.3) is 0 Å². The normalized spacial score (nSPS) is 25.3. The first kappa shape index (κ1) is 9.86. The monoisotopic (exact) mass is 189 g/mol. The predicted octanol–water partition coefficient (Wildman–Crippen LogP) is 0.630. The van der Waals surface area contributed by atoms with Gasteiger partial charge in [-0.1, -0.05) is 0 Å². The summed E-state index contributed by atoms with van der Waals surface area (Å²) in [6.07, 6.45) is 1.97. The van der Waals surface area contributed by atoms with Crippen LogP contribution in [-0.4, -0.2) is 30.6 Å². The van der Waals surface area contributed by atoms with Gasteiger partial charge in [0.1, 0.15) is 6.04 Å². The average molecular weight is 189 g/mol. The maximum Gasteiger partial charge on any atom is 0.322 e. The van der Waals surface area contributed by atoms with Crippen molar-refractivity contribution in [3.8, 4) is 0 Å². The topological polar surface area (TPSA) is 52.3 Å². The number of nitrogens with two attached hydrogens (primary N) is 1. The number of methoxy groups -OCH3 is 1. The quantitative estimate of drug-likeness (QED) is 0.662. The van der Waals surface area contributed by atoms with Crippen LogP contribution in [-0.2, 0) is 9.53 Å². The SMILES string of the molecule is COC(=O)C(N)CC1CCSC1. The van der Waals surface area contributed by atoms with E-state index in [-0.39, 0.29) is 5.97 Å². The second-order valence-corrected chi connectivity index (χ2v) is 4.24. The molecule has 0 aliphatic carbocycles. The lowest BCUT2D eigenvalue weighted by atomic mass is 10.0. The van der Waals surface area contributed by atoms with Crippen LogP contribution in [0.2, 0.25) is 0 Å². The van der Waals surface area contributed by atoms with Crippen molar-refractivity contribution in [3.05, 3.63) is 0 Å². The molecule has 2 unspecified atom stereocenters. The van der Waals surface area contributed by atoms with Crippen molar-refractivity contribution in [3.63, 3.8) is 0 Å². The molecule has 1 rings (SSSR count). The number of hydrogen-bond donors (Lipinski definition) is 1. The second-order valence-electron chi connectivity index (χ2n) is 3.09. The van der Waals surface area contributed by atoms with E-state index in [9.17, 15) is 4.79 Å². The van der Waals surface area contributed by atoms with Crippen LogP contribution in [0.15, 0.2) is 0 Å². The smallest absolute Gasteiger partial charge is 0.322 e. The number of ether oxygens (including phenoxy) is 1. The molecule has 1 aliphatic heterocycles. The highest BCUT2D eigenvalue weighted by molar-refractivity contribution is 7.99. The molecule has 70 valence electrons. The van der Waals surface area contributed by atoms with Crippen LogP contribution in [0, 0.1) is 5.92 Å². The van der Waals surface area contributed by atoms with Gasteiger partial charge in [0.25, 0.3) is 0 Å². The van der Waals surface area contributed by atoms with E-state index in [4.69, 9.17) is 5.73 Å². The van der Waals surface area contributed by atoms with Gasteiger partial charge in [-0.15, -0.1) is 0 Å². The van der Waals surface area contributed by atoms with Crippen LogP contribution >= 0.6 is 11.8 Å². The van der Waals surface area contributed by atoms with Gasteiger partial charge >= 0.3 is 5.97 Å². The van der Waals surface area contributed by atoms with Gasteiger partial charge in [0.15, 0.2) is 0 Å². The minimum Gasteiger partial charge on any atom is -0.468 e. The van der Waals surface area contributed by atoms with Gasteiger partial charge in [0.05, 0.1) is 7.11 Å². The lowest BCUT2D eigenvalue weighted by Gasteiger charge is -2.12. The first-order valence-corrected chi connectivity index (χ1v) is 5.30. The molecule has 0 spiro atoms. The first-order chi connectivity index (χ1) is 5.74. The molecule has 3 nitrogen and oxygen atoms in total. The highest BCUT2D eigenvalue weighted by Crippen LogP contribution is 2.26. The third-order valence-electron chi connectivity index (χ3n) is 2.12. The van der Waals surface area contributed by atoms with Crippen LogP contribution in [0.3, 0.4) is 0 Å². The van der Waals surface area contributed by atoms with Crippen LogP contribution in [0.1, 0.15) is 12.8 Å². The maximum absolute atomic E-state index is 10.9. The molecule has 0 amide bonds. The van der Waals surface area contributed by atoms with E-state index in [1.54, 1.807) is 0 Å². The molecule has 0 saturated carbocycles. The zero-order chi connectivity index (χ0) is 8.97. The first-order valence-electron chi connectivity index (χ1n) is 4.15. The summed E-state index contributed by atoms with van der Waals surface area (Å²) in [7, 11) is 1.38. The van der Waals surface area contributed by atoms with Gasteiger partial charge in [-0.25, -0.2) is 0 Å². The Bertz CT molecular complexity index is 157. The lowest BCUT2D eigenvalue weighted by molar-refractivity contribution is -0.142. The summed E-state index contributed by atoms with van der Waals surface area (Å²) in [6, 6.07) is -0.418. The fourth-order valence-corrected chi connectivity index (χ4v) is 2.68. The Morgan fingerprint density at radius 3 is 3.08 bits per heavy atom. The molecular weight excluding hydrogens is 174 g/mol. The van der Waals surface area contributed by atoms with Crippen molar-refractivity contribution in [2.24, 2.45) is 11.7 Å². The standard InChI is InChI=1S/C8H15NO2S/c1-11-8(10)7(9)4-6-2-3-12-5-6/h6-7H,2-5,9H2,1H3. The number of carbonyl (C=O) groups excluding carboxylic acids is 1. The molecule has 1 saturated heterocycles. The fourth-order valence-electron chi connectivity index (χ4n) is 1.38. The zero-order valence-corrected chi connectivity index (χ0v) is 8.10. The van der Waals surface area contributed by atoms with Gasteiger partial charge in [-0.3, -0.25) is 4.79 Å². The number of esters is 1. The van der Waals surface area contributed by atoms with Gasteiger partial charge in [-0.05, 0) is 30.3 Å². The molecule has 2 N–H and O–H groups in total. The molecule has 0 aromatic rings. The summed E-state index contributed by atoms with van der Waals surface area (Å²) in [6.45, 7) is 0. The number of hydrogen-bond acceptors (Lipinski definition) is 4. The Morgan fingerprint density at radius 2 is 2.58 bits per heavy atom. The molecule has 1 aliphatic rings. The van der Waals surface area contributed by atoms with Gasteiger partial charge in [0, 0.05) is 0 Å². The Balaban J connectivity index is 2.24. The molecule has 0 aromatic heterocycles. The molecule has 4 heteroatoms. The van der Waals surface area contributed by atoms with Crippen molar-refractivity contribution >= 4 is 17.7 Å². The van der Waals surface area contributed by atoms with E-state index in [1.165, 1.54) is 19.3 Å². The summed E-state index contributed by atoms with van der Waals surface area (Å²) in [5, 5.41) is 0. The zero-order valence-electron chi connectivity index (χ0n) is 7.29. The third-order valence-corrected chi connectivity index (χ3v) is 3.35. The Labute approximate surface area is 77.0 Å². The predicted molar refractivity (Wildman–Crippen MR) is 50.0 cm³/mol. The van der Waals surface area contributed by atoms with Gasteiger partial charge in [0.2, 0.25) is 0 Å². The largest absolute Gasteiger partial charge is 0.468 e. The molecular formula is C8H15NO2S. The van der Waals surface area contributed by atoms with Crippen molar-refractivity contribution in [1.82, 2.24) is 0 Å². The van der Waals surface area contributed by atoms with Crippen molar-refractivity contribution < 1.29 is 9.53 Å². The third kappa shape index (κ3) is 2.68. The minimum atomic E-state index is -0.418. The molecule has 0 bridgehead atoms. The summed E-state index contributed by atoms with van der Waals surface area (Å²) in [5.74, 6) is 2.68. The van der Waals surface area contributed by atoms with E-state index in [0.29, 0.717) is 5.92 Å². The van der Waals surface area contributed by atoms with Gasteiger partial charge in [-0.2, -0.15) is 11.8 Å². The van der Waals surface area contributed by atoms with E-state index >= 15 is 0 Å². The summed E-state index contributed by atoms with van der Waals surface area (Å²) in [4.78, 5) is 10.9. The van der Waals surface area contributed by atoms with Crippen molar-refractivity contribution in [2.45, 2.75) is 18.9 Å². The Hall–Kier alpha value is -0.220. The highest BCUT2D eigenvalue weighted by atomic mass is 32.2. The molecule has 1 heterocycles. The average Bonchev–Trinajstić information content (AvgIpc) is 2.55. The van der Waals surface area contributed by atoms with Crippen LogP contribution in [0.4, 0.5) is 0 Å². The highest BCUT2D eigenvalue weighted by Gasteiger charge is 2.22. The second kappa shape index (κ2) is 4.72. The number of thioether (sulfide) groups is 1. The maximum atomic E-state index is 10.9. The molecule has 0 aromatic carbocycles. The molecule has 2 atom stereocenters. The Morgan fingerprint density at radius 1 is 1.83 bits per heavy atom. The molecule has 1 fully saturated rings. The molecule has 0 radical (unpaired) electrons. The van der Waals surface area contributed by atoms with Crippen LogP contribution < -0.4 is 5.73 Å². The van der Waals surface area contributed by atoms with E-state index in [2.05, 4.69) is 4.74 Å². The number of carbonyl (C=O) groups is 1. The molecule has 12 heavy (non-hydrogen) atoms. The lowest BCUT2D eigenvalue weighted by Crippen LogP contribution is -2.33. The van der Waals surface area contributed by atoms with Crippen molar-refractivity contribution in [1.29, 1.82) is 0 Å².